The number of amides is 2. The van der Waals surface area contributed by atoms with E-state index in [-0.39, 0.29) is 17.7 Å². The lowest BCUT2D eigenvalue weighted by Crippen LogP contribution is -2.42. The van der Waals surface area contributed by atoms with Crippen molar-refractivity contribution in [1.29, 1.82) is 0 Å². The van der Waals surface area contributed by atoms with Crippen LogP contribution in [0.25, 0.3) is 11.5 Å². The average molecular weight is 505 g/mol. The predicted octanol–water partition coefficient (Wildman–Crippen LogP) is 2.84. The molecule has 2 aromatic heterocycles. The molecule has 0 radical (unpaired) electrons. The Morgan fingerprint density at radius 1 is 1.14 bits per heavy atom. The van der Waals surface area contributed by atoms with E-state index < -0.39 is 6.10 Å². The van der Waals surface area contributed by atoms with Gasteiger partial charge in [-0.15, -0.1) is 10.2 Å². The van der Waals surface area contributed by atoms with Gasteiger partial charge in [0, 0.05) is 26.1 Å². The molecular weight excluding hydrogens is 472 g/mol. The van der Waals surface area contributed by atoms with Crippen LogP contribution in [-0.2, 0) is 30.7 Å². The summed E-state index contributed by atoms with van der Waals surface area (Å²) in [6.07, 6.45) is 1.96. The van der Waals surface area contributed by atoms with Gasteiger partial charge in [-0.2, -0.15) is 0 Å². The van der Waals surface area contributed by atoms with Crippen molar-refractivity contribution in [2.75, 3.05) is 19.0 Å². The first-order chi connectivity index (χ1) is 17.8. The Bertz CT molecular complexity index is 1330. The van der Waals surface area contributed by atoms with Crippen LogP contribution in [0.5, 0.6) is 5.75 Å². The monoisotopic (exact) mass is 504 g/mol. The van der Waals surface area contributed by atoms with E-state index in [9.17, 15) is 14.7 Å². The highest BCUT2D eigenvalue weighted by Gasteiger charge is 2.28. The SMILES string of the molecule is COc1cc2c(cc1C(=O)Nc1cccc(-c3nnc4n3CCC4)n1)CN(C(=O)[C@@H](O)CC(C)C)CC2. The minimum atomic E-state index is -1.02. The molecular formula is C27H32N6O4. The molecule has 194 valence electrons. The zero-order valence-corrected chi connectivity index (χ0v) is 21.4. The number of aryl methyl sites for hydroxylation is 1. The van der Waals surface area contributed by atoms with Gasteiger partial charge in [-0.1, -0.05) is 19.9 Å². The third-order valence-corrected chi connectivity index (χ3v) is 6.90. The predicted molar refractivity (Wildman–Crippen MR) is 137 cm³/mol. The van der Waals surface area contributed by atoms with E-state index >= 15 is 0 Å². The summed E-state index contributed by atoms with van der Waals surface area (Å²) < 4.78 is 7.60. The van der Waals surface area contributed by atoms with E-state index in [4.69, 9.17) is 4.74 Å². The lowest BCUT2D eigenvalue weighted by Gasteiger charge is -2.31. The number of nitrogens with zero attached hydrogens (tertiary/aromatic N) is 5. The fraction of sp³-hybridized carbons (Fsp3) is 0.444. The van der Waals surface area contributed by atoms with Crippen molar-refractivity contribution >= 4 is 17.6 Å². The highest BCUT2D eigenvalue weighted by Crippen LogP contribution is 2.30. The number of hydrogen-bond acceptors (Lipinski definition) is 7. The topological polar surface area (TPSA) is 122 Å². The van der Waals surface area contributed by atoms with Gasteiger partial charge >= 0.3 is 0 Å². The summed E-state index contributed by atoms with van der Waals surface area (Å²) in [5.41, 5.74) is 2.89. The van der Waals surface area contributed by atoms with Gasteiger partial charge in [0.1, 0.15) is 29.2 Å². The van der Waals surface area contributed by atoms with Gasteiger partial charge in [0.2, 0.25) is 0 Å². The van der Waals surface area contributed by atoms with Crippen LogP contribution in [0.3, 0.4) is 0 Å². The quantitative estimate of drug-likeness (QED) is 0.507. The molecule has 0 fully saturated rings. The summed E-state index contributed by atoms with van der Waals surface area (Å²) in [7, 11) is 1.53. The summed E-state index contributed by atoms with van der Waals surface area (Å²) in [6.45, 7) is 5.65. The zero-order valence-electron chi connectivity index (χ0n) is 21.4. The van der Waals surface area contributed by atoms with Crippen LogP contribution in [0.15, 0.2) is 30.3 Å². The van der Waals surface area contributed by atoms with Gasteiger partial charge in [-0.3, -0.25) is 9.59 Å². The molecule has 2 aliphatic rings. The average Bonchev–Trinajstić information content (AvgIpc) is 3.51. The molecule has 4 heterocycles. The molecule has 1 aromatic carbocycles. The summed E-state index contributed by atoms with van der Waals surface area (Å²) >= 11 is 0. The number of ether oxygens (including phenoxy) is 1. The van der Waals surface area contributed by atoms with E-state index in [1.807, 2.05) is 32.0 Å². The van der Waals surface area contributed by atoms with Crippen LogP contribution < -0.4 is 10.1 Å². The Labute approximate surface area is 215 Å². The van der Waals surface area contributed by atoms with Crippen molar-refractivity contribution in [3.63, 3.8) is 0 Å². The number of benzene rings is 1. The molecule has 1 atom stereocenters. The Kier molecular flexibility index (Phi) is 6.92. The molecule has 0 bridgehead atoms. The van der Waals surface area contributed by atoms with Gasteiger partial charge in [0.25, 0.3) is 11.8 Å². The van der Waals surface area contributed by atoms with Crippen molar-refractivity contribution in [3.8, 4) is 17.3 Å². The first-order valence-electron chi connectivity index (χ1n) is 12.7. The number of carbonyl (C=O) groups excluding carboxylic acids is 2. The van der Waals surface area contributed by atoms with Crippen molar-refractivity contribution in [1.82, 2.24) is 24.6 Å². The van der Waals surface area contributed by atoms with Crippen LogP contribution in [-0.4, -0.2) is 61.3 Å². The van der Waals surface area contributed by atoms with Crippen LogP contribution in [0.2, 0.25) is 0 Å². The summed E-state index contributed by atoms with van der Waals surface area (Å²) in [6, 6.07) is 9.03. The molecule has 0 spiro atoms. The molecule has 2 N–H and O–H groups in total. The number of aliphatic hydroxyl groups excluding tert-OH is 1. The van der Waals surface area contributed by atoms with Gasteiger partial charge in [0.15, 0.2) is 5.82 Å². The molecule has 3 aromatic rings. The number of carbonyl (C=O) groups is 2. The number of pyridine rings is 1. The number of anilines is 1. The fourth-order valence-corrected chi connectivity index (χ4v) is 5.03. The molecule has 5 rings (SSSR count). The Morgan fingerprint density at radius 2 is 1.97 bits per heavy atom. The number of rotatable bonds is 7. The molecule has 10 nitrogen and oxygen atoms in total. The third kappa shape index (κ3) is 5.06. The summed E-state index contributed by atoms with van der Waals surface area (Å²) in [4.78, 5) is 32.4. The first-order valence-corrected chi connectivity index (χ1v) is 12.7. The number of methoxy groups -OCH3 is 1. The van der Waals surface area contributed by atoms with Crippen molar-refractivity contribution < 1.29 is 19.4 Å². The Morgan fingerprint density at radius 3 is 2.76 bits per heavy atom. The standard InChI is InChI=1S/C27H32N6O4/c1-16(2)12-21(34)27(36)32-11-9-17-14-22(37-3)19(13-18(17)15-32)26(35)29-23-7-4-6-20(28-23)25-31-30-24-8-5-10-33(24)25/h4,6-7,13-14,16,21,34H,5,8-12,15H2,1-3H3,(H,28,29,35)/t21-/m0/s1. The zero-order chi connectivity index (χ0) is 26.1. The molecule has 2 aliphatic heterocycles. The van der Waals surface area contributed by atoms with E-state index in [0.717, 1.165) is 36.3 Å². The maximum atomic E-state index is 13.3. The number of nitrogens with one attached hydrogen (secondary N) is 1. The minimum Gasteiger partial charge on any atom is -0.496 e. The second-order valence-corrected chi connectivity index (χ2v) is 10.0. The number of hydrogen-bond donors (Lipinski definition) is 2. The van der Waals surface area contributed by atoms with Gasteiger partial charge < -0.3 is 24.6 Å². The highest BCUT2D eigenvalue weighted by molar-refractivity contribution is 6.06. The second kappa shape index (κ2) is 10.3. The first kappa shape index (κ1) is 24.9. The van der Waals surface area contributed by atoms with E-state index in [0.29, 0.717) is 54.6 Å². The minimum absolute atomic E-state index is 0.216. The number of fused-ring (bicyclic) bond motifs is 2. The van der Waals surface area contributed by atoms with E-state index in [1.165, 1.54) is 7.11 Å². The summed E-state index contributed by atoms with van der Waals surface area (Å²) in [5.74, 6) is 2.08. The Balaban J connectivity index is 1.36. The van der Waals surface area contributed by atoms with Crippen LogP contribution >= 0.6 is 0 Å². The molecule has 0 aliphatic carbocycles. The highest BCUT2D eigenvalue weighted by atomic mass is 16.5. The number of aliphatic hydroxyl groups is 1. The van der Waals surface area contributed by atoms with Gasteiger partial charge in [-0.05, 0) is 60.6 Å². The van der Waals surface area contributed by atoms with E-state index in [2.05, 4.69) is 25.1 Å². The Hall–Kier alpha value is -3.79. The molecule has 0 unspecified atom stereocenters. The van der Waals surface area contributed by atoms with Crippen molar-refractivity contribution in [3.05, 3.63) is 52.8 Å². The lowest BCUT2D eigenvalue weighted by molar-refractivity contribution is -0.141. The van der Waals surface area contributed by atoms with Crippen molar-refractivity contribution in [2.45, 2.75) is 58.7 Å². The van der Waals surface area contributed by atoms with Gasteiger partial charge in [0.05, 0.1) is 12.7 Å². The maximum absolute atomic E-state index is 13.3. The molecule has 0 saturated carbocycles. The fourth-order valence-electron chi connectivity index (χ4n) is 5.03. The van der Waals surface area contributed by atoms with Crippen LogP contribution in [0, 0.1) is 5.92 Å². The third-order valence-electron chi connectivity index (χ3n) is 6.90. The number of aromatic nitrogens is 4. The summed E-state index contributed by atoms with van der Waals surface area (Å²) in [5, 5.41) is 21.7. The maximum Gasteiger partial charge on any atom is 0.260 e. The molecule has 37 heavy (non-hydrogen) atoms. The molecule has 0 saturated heterocycles. The lowest BCUT2D eigenvalue weighted by atomic mass is 9.95. The van der Waals surface area contributed by atoms with Crippen LogP contribution in [0.4, 0.5) is 5.82 Å². The molecule has 10 heteroatoms. The molecule has 2 amide bonds. The smallest absolute Gasteiger partial charge is 0.260 e. The van der Waals surface area contributed by atoms with E-state index in [1.54, 1.807) is 17.0 Å². The van der Waals surface area contributed by atoms with Crippen LogP contribution in [0.1, 0.15) is 54.0 Å². The normalized spacial score (nSPS) is 15.3. The second-order valence-electron chi connectivity index (χ2n) is 10.0. The largest absolute Gasteiger partial charge is 0.496 e. The van der Waals surface area contributed by atoms with Crippen molar-refractivity contribution in [2.24, 2.45) is 5.92 Å². The van der Waals surface area contributed by atoms with Gasteiger partial charge in [-0.25, -0.2) is 4.98 Å².